The molecule has 4 heteroatoms. The molecule has 0 saturated carbocycles. The Hall–Kier alpha value is -1.55. The van der Waals surface area contributed by atoms with Crippen LogP contribution in [-0.4, -0.2) is 15.6 Å². The maximum atomic E-state index is 12.2. The number of hydrogen-bond acceptors (Lipinski definition) is 2. The zero-order valence-electron chi connectivity index (χ0n) is 15.2. The highest BCUT2D eigenvalue weighted by Crippen LogP contribution is 2.33. The molecule has 2 N–H and O–H groups in total. The summed E-state index contributed by atoms with van der Waals surface area (Å²) in [5.41, 5.74) is 2.98. The Morgan fingerprint density at radius 3 is 2.27 bits per heavy atom. The van der Waals surface area contributed by atoms with Crippen LogP contribution in [0.2, 0.25) is 0 Å². The molecule has 22 heavy (non-hydrogen) atoms. The summed E-state index contributed by atoms with van der Waals surface area (Å²) in [6.07, 6.45) is 0. The summed E-state index contributed by atoms with van der Waals surface area (Å²) in [6, 6.07) is 6.44. The molecule has 0 bridgehead atoms. The normalized spacial score (nSPS) is 22.0. The third-order valence-corrected chi connectivity index (χ3v) is 4.13. The summed E-state index contributed by atoms with van der Waals surface area (Å²) in [5, 5.41) is 3.61. The molecule has 0 fully saturated rings. The molecule has 0 saturated heterocycles. The van der Waals surface area contributed by atoms with Gasteiger partial charge in [0, 0.05) is 11.6 Å². The number of nitrogens with one attached hydrogen (secondary N) is 2. The van der Waals surface area contributed by atoms with Gasteiger partial charge in [0.05, 0.1) is 17.1 Å². The number of imidazole rings is 1. The van der Waals surface area contributed by atoms with Crippen LogP contribution in [0.3, 0.4) is 0 Å². The summed E-state index contributed by atoms with van der Waals surface area (Å²) in [6.45, 7) is 16.5. The summed E-state index contributed by atoms with van der Waals surface area (Å²) in [7, 11) is 0. The highest BCUT2D eigenvalue weighted by Gasteiger charge is 2.33. The van der Waals surface area contributed by atoms with E-state index in [2.05, 4.69) is 44.1 Å². The number of H-pyrrole nitrogens is 1. The molecule has 1 aromatic heterocycles. The van der Waals surface area contributed by atoms with E-state index in [9.17, 15) is 4.79 Å². The van der Waals surface area contributed by atoms with E-state index in [1.54, 1.807) is 0 Å². The van der Waals surface area contributed by atoms with Crippen molar-refractivity contribution in [2.45, 2.75) is 73.0 Å². The first kappa shape index (κ1) is 18.5. The number of rotatable bonds is 0. The van der Waals surface area contributed by atoms with Gasteiger partial charge in [-0.05, 0) is 39.3 Å². The Morgan fingerprint density at radius 2 is 1.68 bits per heavy atom. The van der Waals surface area contributed by atoms with E-state index in [-0.39, 0.29) is 23.3 Å². The van der Waals surface area contributed by atoms with E-state index in [0.29, 0.717) is 0 Å². The average molecular weight is 305 g/mol. The van der Waals surface area contributed by atoms with Gasteiger partial charge in [-0.1, -0.05) is 39.8 Å². The molecule has 1 aliphatic heterocycles. The van der Waals surface area contributed by atoms with Gasteiger partial charge in [-0.3, -0.25) is 4.57 Å². The van der Waals surface area contributed by atoms with Crippen LogP contribution in [0.4, 0.5) is 0 Å². The first-order chi connectivity index (χ1) is 10.4. The average Bonchev–Trinajstić information content (AvgIpc) is 2.81. The number of hydrogen-bond donors (Lipinski definition) is 2. The first-order valence-corrected chi connectivity index (χ1v) is 8.43. The van der Waals surface area contributed by atoms with Crippen LogP contribution >= 0.6 is 0 Å². The largest absolute Gasteiger partial charge is 0.326 e. The molecule has 0 spiro atoms. The summed E-state index contributed by atoms with van der Waals surface area (Å²) >= 11 is 0. The van der Waals surface area contributed by atoms with Crippen molar-refractivity contribution in [1.29, 1.82) is 0 Å². The van der Waals surface area contributed by atoms with Crippen molar-refractivity contribution in [2.24, 2.45) is 0 Å². The number of benzene rings is 1. The van der Waals surface area contributed by atoms with Gasteiger partial charge in [0.2, 0.25) is 0 Å². The number of aromatic nitrogens is 2. The quantitative estimate of drug-likeness (QED) is 0.767. The van der Waals surface area contributed by atoms with Gasteiger partial charge in [0.15, 0.2) is 0 Å². The van der Waals surface area contributed by atoms with E-state index in [4.69, 9.17) is 0 Å². The van der Waals surface area contributed by atoms with Crippen molar-refractivity contribution in [3.05, 3.63) is 34.2 Å². The van der Waals surface area contributed by atoms with Crippen molar-refractivity contribution in [1.82, 2.24) is 14.9 Å². The molecule has 2 unspecified atom stereocenters. The molecule has 2 aromatic rings. The monoisotopic (exact) mass is 305 g/mol. The fraction of sp³-hybridized carbons (Fsp3) is 0.611. The van der Waals surface area contributed by atoms with Gasteiger partial charge in [-0.15, -0.1) is 0 Å². The lowest BCUT2D eigenvalue weighted by Crippen LogP contribution is -2.44. The minimum atomic E-state index is -0.139. The summed E-state index contributed by atoms with van der Waals surface area (Å²) < 4.78 is 1.89. The number of nitrogens with zero attached hydrogens (tertiary/aromatic N) is 1. The topological polar surface area (TPSA) is 49.8 Å². The third kappa shape index (κ3) is 2.98. The first-order valence-electron chi connectivity index (χ1n) is 8.43. The van der Waals surface area contributed by atoms with Crippen molar-refractivity contribution in [2.75, 3.05) is 0 Å². The van der Waals surface area contributed by atoms with E-state index < -0.39 is 0 Å². The van der Waals surface area contributed by atoms with Crippen molar-refractivity contribution < 1.29 is 0 Å². The molecule has 1 aromatic carbocycles. The second-order valence-electron chi connectivity index (χ2n) is 5.80. The molecule has 2 atom stereocenters. The van der Waals surface area contributed by atoms with Crippen LogP contribution in [0.5, 0.6) is 0 Å². The van der Waals surface area contributed by atoms with Crippen LogP contribution < -0.4 is 11.0 Å². The molecule has 0 aliphatic carbocycles. The molecule has 1 aliphatic rings. The molecule has 4 nitrogen and oxygen atoms in total. The van der Waals surface area contributed by atoms with Crippen molar-refractivity contribution in [3.8, 4) is 0 Å². The second kappa shape index (κ2) is 7.14. The zero-order valence-corrected chi connectivity index (χ0v) is 15.2. The Balaban J connectivity index is 0.000000561. The maximum Gasteiger partial charge on any atom is 0.326 e. The van der Waals surface area contributed by atoms with Crippen molar-refractivity contribution >= 4 is 11.0 Å². The van der Waals surface area contributed by atoms with Gasteiger partial charge in [-0.25, -0.2) is 4.79 Å². The lowest BCUT2D eigenvalue weighted by Gasteiger charge is -2.30. The predicted octanol–water partition coefficient (Wildman–Crippen LogP) is 4.17. The molecule has 0 radical (unpaired) electrons. The standard InChI is InChI=1S/C14H19N3O.2C2H6/c1-8-9(2)17-12-10(14(3,4)16-8)6-5-7-11(12)15-13(17)18;2*1-2/h5-9,16H,1-4H3,(H,15,18);2*1-2H3. The Bertz CT molecular complexity index is 667. The van der Waals surface area contributed by atoms with Crippen molar-refractivity contribution in [3.63, 3.8) is 0 Å². The third-order valence-electron chi connectivity index (χ3n) is 4.13. The van der Waals surface area contributed by atoms with Gasteiger partial charge >= 0.3 is 5.69 Å². The van der Waals surface area contributed by atoms with E-state index in [1.807, 2.05) is 44.4 Å². The second-order valence-corrected chi connectivity index (χ2v) is 5.80. The molecule has 2 heterocycles. The number of para-hydroxylation sites is 1. The van der Waals surface area contributed by atoms with Crippen LogP contribution in [0.15, 0.2) is 23.0 Å². The lowest BCUT2D eigenvalue weighted by molar-refractivity contribution is 0.308. The van der Waals surface area contributed by atoms with Gasteiger partial charge in [-0.2, -0.15) is 0 Å². The van der Waals surface area contributed by atoms with E-state index in [1.165, 1.54) is 5.56 Å². The maximum absolute atomic E-state index is 12.2. The molecular formula is C18H31N3O. The summed E-state index contributed by atoms with van der Waals surface area (Å²) in [4.78, 5) is 15.1. The van der Waals surface area contributed by atoms with E-state index >= 15 is 0 Å². The van der Waals surface area contributed by atoms with Crippen LogP contribution in [-0.2, 0) is 5.54 Å². The van der Waals surface area contributed by atoms with Crippen LogP contribution in [0, 0.1) is 0 Å². The number of aromatic amines is 1. The van der Waals surface area contributed by atoms with Crippen LogP contribution in [0.25, 0.3) is 11.0 Å². The van der Waals surface area contributed by atoms with Gasteiger partial charge in [0.1, 0.15) is 0 Å². The van der Waals surface area contributed by atoms with Gasteiger partial charge < -0.3 is 10.3 Å². The summed E-state index contributed by atoms with van der Waals surface area (Å²) in [5.74, 6) is 0. The molecule has 0 amide bonds. The SMILES string of the molecule is CC.CC.CC1NC(C)(C)c2cccc3[nH]c(=O)n(c23)C1C. The Morgan fingerprint density at radius 1 is 1.09 bits per heavy atom. The molecule has 124 valence electrons. The predicted molar refractivity (Wildman–Crippen MR) is 95.6 cm³/mol. The molecule has 3 rings (SSSR count). The van der Waals surface area contributed by atoms with E-state index in [0.717, 1.165) is 11.0 Å². The highest BCUT2D eigenvalue weighted by atomic mass is 16.1. The molecular weight excluding hydrogens is 274 g/mol. The minimum absolute atomic E-state index is 0.0173. The smallest absolute Gasteiger partial charge is 0.306 e. The highest BCUT2D eigenvalue weighted by molar-refractivity contribution is 5.80. The van der Waals surface area contributed by atoms with Crippen LogP contribution in [0.1, 0.15) is 67.0 Å². The minimum Gasteiger partial charge on any atom is -0.306 e. The zero-order chi connectivity index (χ0) is 17.1. The Labute approximate surface area is 133 Å². The lowest BCUT2D eigenvalue weighted by atomic mass is 9.92. The fourth-order valence-electron chi connectivity index (χ4n) is 3.06. The van der Waals surface area contributed by atoms with Gasteiger partial charge in [0.25, 0.3) is 0 Å². The Kier molecular flexibility index (Phi) is 6.00. The fourth-order valence-corrected chi connectivity index (χ4v) is 3.06.